The Balaban J connectivity index is 2.42. The Kier molecular flexibility index (Phi) is 4.39. The van der Waals surface area contributed by atoms with E-state index in [1.165, 1.54) is 6.92 Å². The number of aliphatic carboxylic acids is 1. The first-order valence-electron chi connectivity index (χ1n) is 7.14. The van der Waals surface area contributed by atoms with Crippen LogP contribution in [-0.4, -0.2) is 16.9 Å². The summed E-state index contributed by atoms with van der Waals surface area (Å²) < 4.78 is 0. The topological polar surface area (TPSA) is 78.2 Å². The molecule has 0 saturated heterocycles. The van der Waals surface area contributed by atoms with Crippen molar-refractivity contribution in [1.82, 2.24) is 0 Å². The standard InChI is InChI=1S/C16H19NO3/c1-10(16(19)20)13(9-17)15-12(7-8-14(15)18)11-5-3-2-4-6-11/h5,10,13H,2-4,6-8H2,1H3,(H,19,20). The molecule has 0 fully saturated rings. The van der Waals surface area contributed by atoms with E-state index in [4.69, 9.17) is 5.11 Å². The Bertz CT molecular complexity index is 536. The number of rotatable bonds is 4. The minimum absolute atomic E-state index is 0.0499. The van der Waals surface area contributed by atoms with Crippen LogP contribution in [0.25, 0.3) is 0 Å². The van der Waals surface area contributed by atoms with Crippen LogP contribution in [0.1, 0.15) is 45.4 Å². The van der Waals surface area contributed by atoms with Crippen molar-refractivity contribution < 1.29 is 14.7 Å². The molecule has 0 bridgehead atoms. The molecule has 0 heterocycles. The van der Waals surface area contributed by atoms with Crippen molar-refractivity contribution >= 4 is 11.8 Å². The van der Waals surface area contributed by atoms with Crippen LogP contribution in [0.4, 0.5) is 0 Å². The zero-order chi connectivity index (χ0) is 14.7. The fourth-order valence-corrected chi connectivity index (χ4v) is 3.05. The van der Waals surface area contributed by atoms with E-state index < -0.39 is 17.8 Å². The number of carbonyl (C=O) groups excluding carboxylic acids is 1. The van der Waals surface area contributed by atoms with E-state index in [1.807, 2.05) is 6.07 Å². The predicted molar refractivity (Wildman–Crippen MR) is 73.7 cm³/mol. The molecule has 4 heteroatoms. The number of Topliss-reactive ketones (excluding diaryl/α,β-unsaturated/α-hetero) is 1. The lowest BCUT2D eigenvalue weighted by atomic mass is 9.82. The van der Waals surface area contributed by atoms with Gasteiger partial charge in [-0.2, -0.15) is 5.26 Å². The Hall–Kier alpha value is -1.89. The summed E-state index contributed by atoms with van der Waals surface area (Å²) in [5, 5.41) is 18.4. The molecule has 1 N–H and O–H groups in total. The van der Waals surface area contributed by atoms with Gasteiger partial charge < -0.3 is 5.11 Å². The first kappa shape index (κ1) is 14.5. The molecule has 20 heavy (non-hydrogen) atoms. The average molecular weight is 273 g/mol. The fourth-order valence-electron chi connectivity index (χ4n) is 3.05. The number of ketones is 1. The number of carboxylic acids is 1. The van der Waals surface area contributed by atoms with Gasteiger partial charge in [-0.15, -0.1) is 0 Å². The monoisotopic (exact) mass is 273 g/mol. The lowest BCUT2D eigenvalue weighted by Crippen LogP contribution is -2.24. The van der Waals surface area contributed by atoms with Gasteiger partial charge in [0.15, 0.2) is 5.78 Å². The number of nitrogens with zero attached hydrogens (tertiary/aromatic N) is 1. The first-order chi connectivity index (χ1) is 9.56. The largest absolute Gasteiger partial charge is 0.481 e. The van der Waals surface area contributed by atoms with Gasteiger partial charge in [0, 0.05) is 12.0 Å². The molecule has 0 spiro atoms. The number of hydrogen-bond acceptors (Lipinski definition) is 3. The Morgan fingerprint density at radius 3 is 2.65 bits per heavy atom. The number of allylic oxidation sites excluding steroid dienone is 4. The van der Waals surface area contributed by atoms with Crippen molar-refractivity contribution in [2.45, 2.75) is 45.4 Å². The molecular weight excluding hydrogens is 254 g/mol. The molecule has 0 amide bonds. The van der Waals surface area contributed by atoms with E-state index in [0.717, 1.165) is 36.8 Å². The summed E-state index contributed by atoms with van der Waals surface area (Å²) in [6.45, 7) is 1.50. The van der Waals surface area contributed by atoms with E-state index in [0.29, 0.717) is 18.4 Å². The second-order valence-electron chi connectivity index (χ2n) is 5.52. The van der Waals surface area contributed by atoms with E-state index >= 15 is 0 Å². The zero-order valence-electron chi connectivity index (χ0n) is 11.7. The maximum atomic E-state index is 12.1. The molecule has 2 aliphatic carbocycles. The van der Waals surface area contributed by atoms with Gasteiger partial charge in [-0.05, 0) is 43.3 Å². The van der Waals surface area contributed by atoms with Crippen LogP contribution in [0.3, 0.4) is 0 Å². The first-order valence-corrected chi connectivity index (χ1v) is 7.14. The molecular formula is C16H19NO3. The van der Waals surface area contributed by atoms with Crippen molar-refractivity contribution in [2.75, 3.05) is 0 Å². The van der Waals surface area contributed by atoms with Gasteiger partial charge in [-0.1, -0.05) is 13.0 Å². The van der Waals surface area contributed by atoms with Gasteiger partial charge in [0.25, 0.3) is 0 Å². The summed E-state index contributed by atoms with van der Waals surface area (Å²) in [5.41, 5.74) is 2.58. The van der Waals surface area contributed by atoms with Crippen molar-refractivity contribution in [3.8, 4) is 6.07 Å². The summed E-state index contributed by atoms with van der Waals surface area (Å²) >= 11 is 0. The van der Waals surface area contributed by atoms with Gasteiger partial charge in [-0.3, -0.25) is 9.59 Å². The zero-order valence-corrected chi connectivity index (χ0v) is 11.7. The second kappa shape index (κ2) is 6.04. The third-order valence-corrected chi connectivity index (χ3v) is 4.25. The summed E-state index contributed by atoms with van der Waals surface area (Å²) in [4.78, 5) is 23.3. The molecule has 0 aromatic carbocycles. The molecule has 2 unspecified atom stereocenters. The van der Waals surface area contributed by atoms with E-state index in [9.17, 15) is 14.9 Å². The molecule has 106 valence electrons. The highest BCUT2D eigenvalue weighted by Gasteiger charge is 2.36. The summed E-state index contributed by atoms with van der Waals surface area (Å²) in [6.07, 6.45) is 7.42. The van der Waals surface area contributed by atoms with E-state index in [2.05, 4.69) is 6.08 Å². The Labute approximate surface area is 118 Å². The number of carboxylic acid groups (broad SMARTS) is 1. The van der Waals surface area contributed by atoms with Crippen molar-refractivity contribution in [1.29, 1.82) is 5.26 Å². The predicted octanol–water partition coefficient (Wildman–Crippen LogP) is 3.01. The van der Waals surface area contributed by atoms with E-state index in [1.54, 1.807) is 0 Å². The van der Waals surface area contributed by atoms with E-state index in [-0.39, 0.29) is 5.78 Å². The molecule has 0 aliphatic heterocycles. The maximum Gasteiger partial charge on any atom is 0.307 e. The third-order valence-electron chi connectivity index (χ3n) is 4.25. The Morgan fingerprint density at radius 2 is 2.10 bits per heavy atom. The summed E-state index contributed by atoms with van der Waals surface area (Å²) in [5.74, 6) is -2.76. The van der Waals surface area contributed by atoms with Crippen molar-refractivity contribution in [2.24, 2.45) is 11.8 Å². The van der Waals surface area contributed by atoms with Crippen LogP contribution in [0, 0.1) is 23.2 Å². The molecule has 2 aliphatic rings. The van der Waals surface area contributed by atoms with Crippen molar-refractivity contribution in [3.63, 3.8) is 0 Å². The summed E-state index contributed by atoms with van der Waals surface area (Å²) in [7, 11) is 0. The molecule has 2 atom stereocenters. The van der Waals surface area contributed by atoms with Crippen LogP contribution < -0.4 is 0 Å². The lowest BCUT2D eigenvalue weighted by molar-refractivity contribution is -0.141. The van der Waals surface area contributed by atoms with Crippen LogP contribution >= 0.6 is 0 Å². The van der Waals surface area contributed by atoms with Crippen molar-refractivity contribution in [3.05, 3.63) is 22.8 Å². The highest BCUT2D eigenvalue weighted by molar-refractivity contribution is 6.01. The molecule has 2 rings (SSSR count). The normalized spacial score (nSPS) is 22.2. The Morgan fingerprint density at radius 1 is 1.35 bits per heavy atom. The highest BCUT2D eigenvalue weighted by atomic mass is 16.4. The molecule has 0 saturated carbocycles. The quantitative estimate of drug-likeness (QED) is 0.854. The van der Waals surface area contributed by atoms with Gasteiger partial charge in [-0.25, -0.2) is 0 Å². The minimum Gasteiger partial charge on any atom is -0.481 e. The third kappa shape index (κ3) is 2.67. The van der Waals surface area contributed by atoms with Crippen LogP contribution in [0.5, 0.6) is 0 Å². The second-order valence-corrected chi connectivity index (χ2v) is 5.52. The lowest BCUT2D eigenvalue weighted by Gasteiger charge is -2.19. The SMILES string of the molecule is CC(C(=O)O)C(C#N)C1=C(C2=CCCCC2)CCC1=O. The molecule has 4 nitrogen and oxygen atoms in total. The number of hydrogen-bond donors (Lipinski definition) is 1. The number of nitriles is 1. The van der Waals surface area contributed by atoms with Gasteiger partial charge in [0.05, 0.1) is 17.9 Å². The summed E-state index contributed by atoms with van der Waals surface area (Å²) in [6, 6.07) is 2.04. The molecule has 0 aromatic heterocycles. The fraction of sp³-hybridized carbons (Fsp3) is 0.562. The van der Waals surface area contributed by atoms with Crippen LogP contribution in [0.2, 0.25) is 0 Å². The minimum atomic E-state index is -1.03. The highest BCUT2D eigenvalue weighted by Crippen LogP contribution is 2.39. The van der Waals surface area contributed by atoms with Gasteiger partial charge in [0.1, 0.15) is 0 Å². The molecule has 0 aromatic rings. The smallest absolute Gasteiger partial charge is 0.307 e. The van der Waals surface area contributed by atoms with Crippen LogP contribution in [-0.2, 0) is 9.59 Å². The van der Waals surface area contributed by atoms with Crippen LogP contribution in [0.15, 0.2) is 22.8 Å². The van der Waals surface area contributed by atoms with Gasteiger partial charge in [0.2, 0.25) is 0 Å². The molecule has 0 radical (unpaired) electrons. The van der Waals surface area contributed by atoms with Gasteiger partial charge >= 0.3 is 5.97 Å². The average Bonchev–Trinajstić information content (AvgIpc) is 2.83. The maximum absolute atomic E-state index is 12.1. The number of carbonyl (C=O) groups is 2.